The molecule has 0 atom stereocenters. The van der Waals surface area contributed by atoms with Gasteiger partial charge in [0.25, 0.3) is 0 Å². The van der Waals surface area contributed by atoms with Crippen LogP contribution in [-0.2, 0) is 0 Å². The SMILES string of the molecule is N#Cc1ccc(Oc2ccc(C=O)cc2)c(Cl)c1. The van der Waals surface area contributed by atoms with E-state index in [0.717, 1.165) is 6.29 Å². The summed E-state index contributed by atoms with van der Waals surface area (Å²) in [5.74, 6) is 1.04. The summed E-state index contributed by atoms with van der Waals surface area (Å²) in [6.45, 7) is 0. The Balaban J connectivity index is 2.23. The van der Waals surface area contributed by atoms with Crippen LogP contribution >= 0.6 is 11.6 Å². The number of nitrogens with zero attached hydrogens (tertiary/aromatic N) is 1. The van der Waals surface area contributed by atoms with E-state index in [2.05, 4.69) is 0 Å². The first-order valence-electron chi connectivity index (χ1n) is 5.15. The Morgan fingerprint density at radius 3 is 2.44 bits per heavy atom. The fourth-order valence-corrected chi connectivity index (χ4v) is 1.61. The fraction of sp³-hybridized carbons (Fsp3) is 0. The van der Waals surface area contributed by atoms with Gasteiger partial charge >= 0.3 is 0 Å². The molecule has 0 aliphatic rings. The molecule has 18 heavy (non-hydrogen) atoms. The molecule has 0 N–H and O–H groups in total. The minimum absolute atomic E-state index is 0.369. The summed E-state index contributed by atoms with van der Waals surface area (Å²) in [5.41, 5.74) is 1.05. The Hall–Kier alpha value is -2.31. The maximum absolute atomic E-state index is 10.5. The number of nitriles is 1. The molecule has 4 heteroatoms. The zero-order chi connectivity index (χ0) is 13.0. The largest absolute Gasteiger partial charge is 0.456 e. The van der Waals surface area contributed by atoms with Gasteiger partial charge < -0.3 is 4.74 Å². The lowest BCUT2D eigenvalue weighted by Gasteiger charge is -2.07. The normalized spacial score (nSPS) is 9.56. The number of aldehydes is 1. The summed E-state index contributed by atoms with van der Waals surface area (Å²) in [7, 11) is 0. The van der Waals surface area contributed by atoms with Crippen LogP contribution in [0.2, 0.25) is 5.02 Å². The predicted molar refractivity (Wildman–Crippen MR) is 68.1 cm³/mol. The van der Waals surface area contributed by atoms with Crippen LogP contribution in [0.15, 0.2) is 42.5 Å². The maximum atomic E-state index is 10.5. The van der Waals surface area contributed by atoms with E-state index in [0.29, 0.717) is 27.6 Å². The Bertz CT molecular complexity index is 615. The molecule has 0 amide bonds. The van der Waals surface area contributed by atoms with Gasteiger partial charge in [-0.25, -0.2) is 0 Å². The van der Waals surface area contributed by atoms with Crippen molar-refractivity contribution in [2.24, 2.45) is 0 Å². The van der Waals surface area contributed by atoms with E-state index in [-0.39, 0.29) is 0 Å². The van der Waals surface area contributed by atoms with Gasteiger partial charge in [-0.15, -0.1) is 0 Å². The minimum Gasteiger partial charge on any atom is -0.456 e. The molecule has 2 aromatic carbocycles. The number of hydrogen-bond donors (Lipinski definition) is 0. The average molecular weight is 258 g/mol. The van der Waals surface area contributed by atoms with Gasteiger partial charge in [0.05, 0.1) is 16.7 Å². The summed E-state index contributed by atoms with van der Waals surface area (Å²) < 4.78 is 5.55. The highest BCUT2D eigenvalue weighted by Gasteiger charge is 2.04. The molecule has 0 radical (unpaired) electrons. The second kappa shape index (κ2) is 5.35. The summed E-state index contributed by atoms with van der Waals surface area (Å²) in [5, 5.41) is 9.09. The maximum Gasteiger partial charge on any atom is 0.150 e. The second-order valence-electron chi connectivity index (χ2n) is 3.55. The van der Waals surface area contributed by atoms with E-state index in [1.165, 1.54) is 6.07 Å². The van der Waals surface area contributed by atoms with E-state index in [1.54, 1.807) is 36.4 Å². The number of hydrogen-bond acceptors (Lipinski definition) is 3. The quantitative estimate of drug-likeness (QED) is 0.786. The Morgan fingerprint density at radius 1 is 1.17 bits per heavy atom. The van der Waals surface area contributed by atoms with Crippen LogP contribution in [0.4, 0.5) is 0 Å². The van der Waals surface area contributed by atoms with E-state index in [9.17, 15) is 4.79 Å². The van der Waals surface area contributed by atoms with Gasteiger partial charge in [-0.3, -0.25) is 4.79 Å². The number of halogens is 1. The minimum atomic E-state index is 0.369. The third-order valence-corrected chi connectivity index (χ3v) is 2.60. The Morgan fingerprint density at radius 2 is 1.89 bits per heavy atom. The third kappa shape index (κ3) is 2.68. The highest BCUT2D eigenvalue weighted by atomic mass is 35.5. The van der Waals surface area contributed by atoms with Crippen LogP contribution < -0.4 is 4.74 Å². The van der Waals surface area contributed by atoms with Crippen LogP contribution in [-0.4, -0.2) is 6.29 Å². The molecule has 0 bridgehead atoms. The molecule has 0 saturated carbocycles. The summed E-state index contributed by atoms with van der Waals surface area (Å²) in [6, 6.07) is 13.5. The molecule has 0 aromatic heterocycles. The summed E-state index contributed by atoms with van der Waals surface area (Å²) in [4.78, 5) is 10.5. The molecule has 0 heterocycles. The molecule has 0 fully saturated rings. The zero-order valence-corrected chi connectivity index (χ0v) is 10.0. The highest BCUT2D eigenvalue weighted by Crippen LogP contribution is 2.29. The van der Waals surface area contributed by atoms with E-state index in [1.807, 2.05) is 6.07 Å². The second-order valence-corrected chi connectivity index (χ2v) is 3.95. The topological polar surface area (TPSA) is 50.1 Å². The summed E-state index contributed by atoms with van der Waals surface area (Å²) >= 11 is 5.98. The average Bonchev–Trinajstić information content (AvgIpc) is 2.42. The number of rotatable bonds is 3. The van der Waals surface area contributed by atoms with Crippen LogP contribution in [0, 0.1) is 11.3 Å². The molecule has 3 nitrogen and oxygen atoms in total. The molecule has 0 spiro atoms. The van der Waals surface area contributed by atoms with Gasteiger partial charge in [0, 0.05) is 5.56 Å². The molecule has 0 saturated heterocycles. The Labute approximate surface area is 109 Å². The van der Waals surface area contributed by atoms with Crippen LogP contribution in [0.1, 0.15) is 15.9 Å². The molecule has 0 aliphatic carbocycles. The van der Waals surface area contributed by atoms with E-state index < -0.39 is 0 Å². The van der Waals surface area contributed by atoms with Crippen molar-refractivity contribution < 1.29 is 9.53 Å². The smallest absolute Gasteiger partial charge is 0.150 e. The lowest BCUT2D eigenvalue weighted by molar-refractivity contribution is 0.112. The van der Waals surface area contributed by atoms with Crippen molar-refractivity contribution in [3.63, 3.8) is 0 Å². The summed E-state index contributed by atoms with van der Waals surface area (Å²) in [6.07, 6.45) is 0.762. The molecule has 0 aliphatic heterocycles. The first kappa shape index (κ1) is 12.2. The van der Waals surface area contributed by atoms with Gasteiger partial charge in [0.15, 0.2) is 0 Å². The lowest BCUT2D eigenvalue weighted by atomic mass is 10.2. The van der Waals surface area contributed by atoms with Gasteiger partial charge in [-0.1, -0.05) is 11.6 Å². The molecular weight excluding hydrogens is 250 g/mol. The molecule has 0 unspecified atom stereocenters. The van der Waals surface area contributed by atoms with Crippen molar-refractivity contribution in [1.29, 1.82) is 5.26 Å². The van der Waals surface area contributed by atoms with Crippen molar-refractivity contribution in [2.75, 3.05) is 0 Å². The lowest BCUT2D eigenvalue weighted by Crippen LogP contribution is -1.87. The standard InChI is InChI=1S/C14H8ClNO2/c15-13-7-11(8-16)3-6-14(13)18-12-4-1-10(9-17)2-5-12/h1-7,9H. The fourth-order valence-electron chi connectivity index (χ4n) is 1.39. The van der Waals surface area contributed by atoms with Gasteiger partial charge in [-0.05, 0) is 42.5 Å². The molecule has 2 aromatic rings. The number of benzene rings is 2. The number of carbonyl (C=O) groups excluding carboxylic acids is 1. The van der Waals surface area contributed by atoms with Gasteiger partial charge in [0.1, 0.15) is 17.8 Å². The number of ether oxygens (including phenoxy) is 1. The molecular formula is C14H8ClNO2. The molecule has 2 rings (SSSR count). The van der Waals surface area contributed by atoms with Gasteiger partial charge in [-0.2, -0.15) is 5.26 Å². The first-order chi connectivity index (χ1) is 8.72. The van der Waals surface area contributed by atoms with Gasteiger partial charge in [0.2, 0.25) is 0 Å². The van der Waals surface area contributed by atoms with Crippen molar-refractivity contribution >= 4 is 17.9 Å². The van der Waals surface area contributed by atoms with Crippen LogP contribution in [0.5, 0.6) is 11.5 Å². The van der Waals surface area contributed by atoms with Crippen molar-refractivity contribution in [3.8, 4) is 17.6 Å². The van der Waals surface area contributed by atoms with E-state index in [4.69, 9.17) is 21.6 Å². The van der Waals surface area contributed by atoms with Crippen LogP contribution in [0.25, 0.3) is 0 Å². The number of carbonyl (C=O) groups is 1. The van der Waals surface area contributed by atoms with E-state index >= 15 is 0 Å². The first-order valence-corrected chi connectivity index (χ1v) is 5.53. The van der Waals surface area contributed by atoms with Crippen molar-refractivity contribution in [3.05, 3.63) is 58.6 Å². The van der Waals surface area contributed by atoms with Crippen molar-refractivity contribution in [2.45, 2.75) is 0 Å². The molecule has 88 valence electrons. The van der Waals surface area contributed by atoms with Crippen LogP contribution in [0.3, 0.4) is 0 Å². The Kier molecular flexibility index (Phi) is 3.61. The van der Waals surface area contributed by atoms with Crippen molar-refractivity contribution in [1.82, 2.24) is 0 Å². The predicted octanol–water partition coefficient (Wildman–Crippen LogP) is 3.82. The third-order valence-electron chi connectivity index (χ3n) is 2.30. The highest BCUT2D eigenvalue weighted by molar-refractivity contribution is 6.32. The monoisotopic (exact) mass is 257 g/mol. The zero-order valence-electron chi connectivity index (χ0n) is 9.26.